The van der Waals surface area contributed by atoms with Gasteiger partial charge in [-0.25, -0.2) is 0 Å². The van der Waals surface area contributed by atoms with E-state index in [1.807, 2.05) is 0 Å². The van der Waals surface area contributed by atoms with Gasteiger partial charge in [0.1, 0.15) is 0 Å². The predicted octanol–water partition coefficient (Wildman–Crippen LogP) is 14.4. The van der Waals surface area contributed by atoms with Gasteiger partial charge in [-0.05, 0) is 32.9 Å². The second-order valence-electron chi connectivity index (χ2n) is 13.8. The smallest absolute Gasteiger partial charge is 0.0187 e. The minimum Gasteiger partial charge on any atom is -0.299 e. The van der Waals surface area contributed by atoms with E-state index in [2.05, 4.69) is 32.3 Å². The van der Waals surface area contributed by atoms with E-state index >= 15 is 0 Å². The number of unbranched alkanes of at least 4 members (excludes halogenated alkanes) is 30. The van der Waals surface area contributed by atoms with E-state index in [-0.39, 0.29) is 0 Å². The van der Waals surface area contributed by atoms with Gasteiger partial charge in [0, 0.05) is 6.54 Å². The lowest BCUT2D eigenvalue weighted by Gasteiger charge is -2.22. The summed E-state index contributed by atoms with van der Waals surface area (Å²) in [6, 6.07) is 0. The van der Waals surface area contributed by atoms with Crippen LogP contribution in [0, 0.1) is 0 Å². The molecule has 0 aliphatic heterocycles. The Morgan fingerprint density at radius 3 is 0.732 bits per heavy atom. The van der Waals surface area contributed by atoms with Gasteiger partial charge in [0.2, 0.25) is 0 Å². The molecule has 0 spiro atoms. The largest absolute Gasteiger partial charge is 0.299 e. The number of hydrogen-bond acceptors (Lipinski definition) is 1. The Labute approximate surface area is 262 Å². The molecular formula is C40H81N. The van der Waals surface area contributed by atoms with Gasteiger partial charge in [0.05, 0.1) is 0 Å². The molecule has 1 nitrogen and oxygen atoms in total. The highest BCUT2D eigenvalue weighted by Gasteiger charge is 2.05. The monoisotopic (exact) mass is 576 g/mol. The summed E-state index contributed by atoms with van der Waals surface area (Å²) in [5, 5.41) is 0. The molecule has 0 aromatic heterocycles. The Morgan fingerprint density at radius 1 is 0.341 bits per heavy atom. The molecule has 0 fully saturated rings. The van der Waals surface area contributed by atoms with Crippen LogP contribution in [0.4, 0.5) is 0 Å². The zero-order valence-corrected chi connectivity index (χ0v) is 29.4. The molecule has 0 saturated heterocycles. The lowest BCUT2D eigenvalue weighted by Crippen LogP contribution is -2.27. The highest BCUT2D eigenvalue weighted by molar-refractivity contribution is 4.91. The van der Waals surface area contributed by atoms with Crippen molar-refractivity contribution in [3.63, 3.8) is 0 Å². The van der Waals surface area contributed by atoms with Crippen molar-refractivity contribution in [3.05, 3.63) is 12.2 Å². The van der Waals surface area contributed by atoms with Crippen LogP contribution in [-0.2, 0) is 0 Å². The maximum absolute atomic E-state index is 4.20. The fraction of sp³-hybridized carbons (Fsp3) is 0.950. The summed E-state index contributed by atoms with van der Waals surface area (Å²) in [6.45, 7) is 14.7. The second kappa shape index (κ2) is 35.9. The van der Waals surface area contributed by atoms with Crippen molar-refractivity contribution < 1.29 is 0 Å². The molecule has 0 aliphatic carbocycles. The summed E-state index contributed by atoms with van der Waals surface area (Å²) in [5.41, 5.74) is 1.33. The summed E-state index contributed by atoms with van der Waals surface area (Å²) in [4.78, 5) is 2.69. The van der Waals surface area contributed by atoms with Crippen LogP contribution in [-0.4, -0.2) is 24.5 Å². The normalized spacial score (nSPS) is 11.6. The van der Waals surface area contributed by atoms with E-state index in [4.69, 9.17) is 0 Å². The lowest BCUT2D eigenvalue weighted by atomic mass is 10.0. The first kappa shape index (κ1) is 40.7. The Bertz CT molecular complexity index is 447. The van der Waals surface area contributed by atoms with E-state index in [1.54, 1.807) is 0 Å². The molecule has 0 unspecified atom stereocenters. The molecule has 0 radical (unpaired) electrons. The van der Waals surface area contributed by atoms with Crippen LogP contribution in [0.3, 0.4) is 0 Å². The number of rotatable bonds is 36. The van der Waals surface area contributed by atoms with Gasteiger partial charge in [0.15, 0.2) is 0 Å². The van der Waals surface area contributed by atoms with E-state index in [0.29, 0.717) is 0 Å². The minimum atomic E-state index is 1.11. The molecule has 0 atom stereocenters. The highest BCUT2D eigenvalue weighted by atomic mass is 15.1. The lowest BCUT2D eigenvalue weighted by molar-refractivity contribution is 0.280. The summed E-state index contributed by atoms with van der Waals surface area (Å²) >= 11 is 0. The fourth-order valence-electron chi connectivity index (χ4n) is 6.42. The van der Waals surface area contributed by atoms with Crippen molar-refractivity contribution in [3.8, 4) is 0 Å². The van der Waals surface area contributed by atoms with Gasteiger partial charge >= 0.3 is 0 Å². The molecule has 0 bridgehead atoms. The molecule has 0 N–H and O–H groups in total. The fourth-order valence-corrected chi connectivity index (χ4v) is 6.42. The highest BCUT2D eigenvalue weighted by Crippen LogP contribution is 2.16. The molecule has 246 valence electrons. The third kappa shape index (κ3) is 35.8. The minimum absolute atomic E-state index is 1.11. The quantitative estimate of drug-likeness (QED) is 0.0530. The molecule has 0 rings (SSSR count). The first-order valence-electron chi connectivity index (χ1n) is 19.6. The second-order valence-corrected chi connectivity index (χ2v) is 13.8. The summed E-state index contributed by atoms with van der Waals surface area (Å²) in [6.07, 6.45) is 46.5. The van der Waals surface area contributed by atoms with E-state index in [9.17, 15) is 0 Å². The molecule has 0 amide bonds. The maximum Gasteiger partial charge on any atom is 0.0187 e. The molecule has 0 aromatic carbocycles. The van der Waals surface area contributed by atoms with Crippen molar-refractivity contribution in [1.82, 2.24) is 4.90 Å². The van der Waals surface area contributed by atoms with E-state index < -0.39 is 0 Å². The number of nitrogens with zero attached hydrogens (tertiary/aromatic N) is 1. The Kier molecular flexibility index (Phi) is 35.6. The maximum atomic E-state index is 4.20. The molecule has 41 heavy (non-hydrogen) atoms. The van der Waals surface area contributed by atoms with Crippen molar-refractivity contribution in [2.45, 2.75) is 226 Å². The van der Waals surface area contributed by atoms with Crippen molar-refractivity contribution >= 4 is 0 Å². The first-order valence-corrected chi connectivity index (χ1v) is 19.6. The van der Waals surface area contributed by atoms with Gasteiger partial charge in [-0.3, -0.25) is 4.90 Å². The van der Waals surface area contributed by atoms with Gasteiger partial charge in [-0.2, -0.15) is 0 Å². The summed E-state index contributed by atoms with van der Waals surface area (Å²) < 4.78 is 0. The molecular weight excluding hydrogens is 494 g/mol. The molecule has 1 heteroatoms. The van der Waals surface area contributed by atoms with Crippen LogP contribution < -0.4 is 0 Å². The molecule has 0 aliphatic rings. The zero-order valence-electron chi connectivity index (χ0n) is 29.4. The predicted molar refractivity (Wildman–Crippen MR) is 190 cm³/mol. The summed E-state index contributed by atoms with van der Waals surface area (Å²) in [7, 11) is 0. The number of hydrogen-bond donors (Lipinski definition) is 0. The zero-order chi connectivity index (χ0) is 29.9. The Morgan fingerprint density at radius 2 is 0.537 bits per heavy atom. The average molecular weight is 576 g/mol. The van der Waals surface area contributed by atoms with E-state index in [1.165, 1.54) is 224 Å². The molecule has 0 aromatic rings. The van der Waals surface area contributed by atoms with Crippen LogP contribution in [0.1, 0.15) is 226 Å². The Hall–Kier alpha value is -0.300. The van der Waals surface area contributed by atoms with Crippen LogP contribution in [0.15, 0.2) is 12.2 Å². The van der Waals surface area contributed by atoms with Crippen LogP contribution >= 0.6 is 0 Å². The van der Waals surface area contributed by atoms with Crippen LogP contribution in [0.2, 0.25) is 0 Å². The Balaban J connectivity index is 3.46. The van der Waals surface area contributed by atoms with Gasteiger partial charge in [-0.1, -0.05) is 219 Å². The van der Waals surface area contributed by atoms with Crippen molar-refractivity contribution in [2.24, 2.45) is 0 Å². The standard InChI is InChI=1S/C40H81N/c1-5-7-9-11-13-15-17-19-21-23-25-27-29-31-33-35-37-41(39-40(3)4)38-36-34-32-30-28-26-24-22-20-18-16-14-12-10-8-6-2/h3,5-39H2,1-2,4H3. The summed E-state index contributed by atoms with van der Waals surface area (Å²) in [5.74, 6) is 0. The van der Waals surface area contributed by atoms with Crippen LogP contribution in [0.25, 0.3) is 0 Å². The van der Waals surface area contributed by atoms with E-state index in [0.717, 1.165) is 6.54 Å². The van der Waals surface area contributed by atoms with Crippen LogP contribution in [0.5, 0.6) is 0 Å². The molecule has 0 saturated carbocycles. The van der Waals surface area contributed by atoms with Crippen molar-refractivity contribution in [2.75, 3.05) is 19.6 Å². The van der Waals surface area contributed by atoms with Gasteiger partial charge in [-0.15, -0.1) is 0 Å². The van der Waals surface area contributed by atoms with Gasteiger partial charge in [0.25, 0.3) is 0 Å². The van der Waals surface area contributed by atoms with Crippen molar-refractivity contribution in [1.29, 1.82) is 0 Å². The van der Waals surface area contributed by atoms with Gasteiger partial charge < -0.3 is 0 Å². The topological polar surface area (TPSA) is 3.24 Å². The average Bonchev–Trinajstić information content (AvgIpc) is 2.96. The third-order valence-electron chi connectivity index (χ3n) is 9.15. The first-order chi connectivity index (χ1) is 20.2. The SMILES string of the molecule is C=C(C)CN(CCCCCCCCCCCCCCCCCC)CCCCCCCCCCCCCCCCCC. The molecule has 0 heterocycles. The third-order valence-corrected chi connectivity index (χ3v) is 9.15.